The van der Waals surface area contributed by atoms with Crippen molar-refractivity contribution >= 4 is 29.9 Å². The molecule has 1 fully saturated rings. The minimum Gasteiger partial charge on any atom is -0.381 e. The van der Waals surface area contributed by atoms with Crippen molar-refractivity contribution in [1.82, 2.24) is 10.2 Å². The third-order valence-electron chi connectivity index (χ3n) is 3.57. The molecule has 1 heterocycles. The van der Waals surface area contributed by atoms with Gasteiger partial charge in [0.15, 0.2) is 5.96 Å². The van der Waals surface area contributed by atoms with E-state index in [1.165, 1.54) is 0 Å². The number of rotatable bonds is 6. The third-order valence-corrected chi connectivity index (χ3v) is 3.57. The van der Waals surface area contributed by atoms with E-state index in [4.69, 9.17) is 4.74 Å². The molecular weight excluding hydrogens is 410 g/mol. The molecule has 4 nitrogen and oxygen atoms in total. The van der Waals surface area contributed by atoms with Gasteiger partial charge in [0.2, 0.25) is 0 Å². The zero-order chi connectivity index (χ0) is 15.7. The minimum atomic E-state index is -4.15. The summed E-state index contributed by atoms with van der Waals surface area (Å²) in [5, 5.41) is 3.04. The van der Waals surface area contributed by atoms with E-state index in [2.05, 4.69) is 10.3 Å². The molecule has 0 atom stereocenters. The molecule has 0 saturated carbocycles. The molecule has 0 spiro atoms. The van der Waals surface area contributed by atoms with Crippen LogP contribution >= 0.6 is 24.0 Å². The fourth-order valence-corrected chi connectivity index (χ4v) is 2.28. The Morgan fingerprint density at radius 1 is 1.32 bits per heavy atom. The van der Waals surface area contributed by atoms with Crippen LogP contribution in [0.15, 0.2) is 4.99 Å². The van der Waals surface area contributed by atoms with E-state index in [9.17, 15) is 13.2 Å². The molecule has 0 amide bonds. The van der Waals surface area contributed by atoms with Gasteiger partial charge in [0.25, 0.3) is 0 Å². The summed E-state index contributed by atoms with van der Waals surface area (Å²) in [6.07, 6.45) is -1.88. The normalized spacial score (nSPS) is 17.0. The van der Waals surface area contributed by atoms with Crippen molar-refractivity contribution in [2.75, 3.05) is 39.9 Å². The standard InChI is InChI=1S/C14H26F3N3O.HI/c1-3-18-13(19-8-7-14(15,16)17)20(2)9-4-12-5-10-21-11-6-12;/h12H,3-11H2,1-2H3,(H,18,19);1H. The summed E-state index contributed by atoms with van der Waals surface area (Å²) >= 11 is 0. The number of nitrogens with one attached hydrogen (secondary N) is 1. The van der Waals surface area contributed by atoms with Crippen LogP contribution in [0.4, 0.5) is 13.2 Å². The van der Waals surface area contributed by atoms with E-state index in [1.807, 2.05) is 18.9 Å². The summed E-state index contributed by atoms with van der Waals surface area (Å²) < 4.78 is 41.8. The molecule has 0 unspecified atom stereocenters. The van der Waals surface area contributed by atoms with Crippen LogP contribution in [-0.2, 0) is 4.74 Å². The van der Waals surface area contributed by atoms with Crippen LogP contribution in [0.3, 0.4) is 0 Å². The summed E-state index contributed by atoms with van der Waals surface area (Å²) in [4.78, 5) is 5.96. The van der Waals surface area contributed by atoms with E-state index in [0.717, 1.165) is 39.0 Å². The number of hydrogen-bond acceptors (Lipinski definition) is 2. The van der Waals surface area contributed by atoms with Gasteiger partial charge in [-0.2, -0.15) is 13.2 Å². The second-order valence-corrected chi connectivity index (χ2v) is 5.37. The van der Waals surface area contributed by atoms with Crippen LogP contribution < -0.4 is 5.32 Å². The number of hydrogen-bond donors (Lipinski definition) is 1. The molecule has 0 aromatic carbocycles. The van der Waals surface area contributed by atoms with Crippen LogP contribution in [0.2, 0.25) is 0 Å². The van der Waals surface area contributed by atoms with Crippen molar-refractivity contribution in [2.45, 2.75) is 38.8 Å². The summed E-state index contributed by atoms with van der Waals surface area (Å²) in [5.74, 6) is 1.19. The van der Waals surface area contributed by atoms with Gasteiger partial charge in [0.1, 0.15) is 0 Å². The molecule has 0 bridgehead atoms. The zero-order valence-corrected chi connectivity index (χ0v) is 15.6. The molecule has 8 heteroatoms. The largest absolute Gasteiger partial charge is 0.390 e. The van der Waals surface area contributed by atoms with E-state index in [1.54, 1.807) is 0 Å². The maximum absolute atomic E-state index is 12.2. The summed E-state index contributed by atoms with van der Waals surface area (Å²) in [6.45, 7) is 4.75. The Kier molecular flexibility index (Phi) is 11.2. The molecule has 1 saturated heterocycles. The van der Waals surface area contributed by atoms with Crippen LogP contribution in [-0.4, -0.2) is 56.9 Å². The van der Waals surface area contributed by atoms with Gasteiger partial charge in [-0.3, -0.25) is 4.99 Å². The number of aliphatic imine (C=N–C) groups is 1. The number of guanidine groups is 1. The zero-order valence-electron chi connectivity index (χ0n) is 13.3. The summed E-state index contributed by atoms with van der Waals surface area (Å²) in [5.41, 5.74) is 0. The van der Waals surface area contributed by atoms with Crippen molar-refractivity contribution in [3.05, 3.63) is 0 Å². The molecule has 22 heavy (non-hydrogen) atoms. The molecule has 0 radical (unpaired) electrons. The first-order valence-corrected chi connectivity index (χ1v) is 7.56. The summed E-state index contributed by atoms with van der Waals surface area (Å²) in [6, 6.07) is 0. The Morgan fingerprint density at radius 3 is 2.50 bits per heavy atom. The average molecular weight is 437 g/mol. The van der Waals surface area contributed by atoms with Crippen LogP contribution in [0.1, 0.15) is 32.6 Å². The maximum atomic E-state index is 12.2. The van der Waals surface area contributed by atoms with Gasteiger partial charge in [0.05, 0.1) is 13.0 Å². The van der Waals surface area contributed by atoms with Gasteiger partial charge in [-0.05, 0) is 32.1 Å². The SMILES string of the molecule is CCNC(=NCCC(F)(F)F)N(C)CCC1CCOCC1.I. The highest BCUT2D eigenvalue weighted by Gasteiger charge is 2.26. The number of alkyl halides is 3. The predicted molar refractivity (Wildman–Crippen MR) is 92.9 cm³/mol. The van der Waals surface area contributed by atoms with Crippen molar-refractivity contribution in [1.29, 1.82) is 0 Å². The number of halogens is 4. The molecule has 0 aliphatic carbocycles. The minimum absolute atomic E-state index is 0. The lowest BCUT2D eigenvalue weighted by molar-refractivity contribution is -0.132. The lowest BCUT2D eigenvalue weighted by Gasteiger charge is -2.26. The monoisotopic (exact) mass is 437 g/mol. The van der Waals surface area contributed by atoms with Gasteiger partial charge >= 0.3 is 6.18 Å². The highest BCUT2D eigenvalue weighted by Crippen LogP contribution is 2.20. The molecule has 1 rings (SSSR count). The first kappa shape index (κ1) is 21.8. The smallest absolute Gasteiger partial charge is 0.381 e. The molecular formula is C14H27F3IN3O. The molecule has 0 aromatic heterocycles. The molecule has 1 N–H and O–H groups in total. The van der Waals surface area contributed by atoms with Crippen LogP contribution in [0.25, 0.3) is 0 Å². The second kappa shape index (κ2) is 11.3. The number of ether oxygens (including phenoxy) is 1. The lowest BCUT2D eigenvalue weighted by Crippen LogP contribution is -2.40. The predicted octanol–water partition coefficient (Wildman–Crippen LogP) is 3.27. The van der Waals surface area contributed by atoms with Gasteiger partial charge in [0, 0.05) is 33.4 Å². The van der Waals surface area contributed by atoms with E-state index in [0.29, 0.717) is 18.4 Å². The molecule has 132 valence electrons. The third kappa shape index (κ3) is 9.70. The topological polar surface area (TPSA) is 36.9 Å². The second-order valence-electron chi connectivity index (χ2n) is 5.37. The Morgan fingerprint density at radius 2 is 1.95 bits per heavy atom. The average Bonchev–Trinajstić information content (AvgIpc) is 2.44. The maximum Gasteiger partial charge on any atom is 0.390 e. The van der Waals surface area contributed by atoms with Crippen LogP contribution in [0, 0.1) is 5.92 Å². The van der Waals surface area contributed by atoms with Crippen molar-refractivity contribution in [3.63, 3.8) is 0 Å². The Bertz CT molecular complexity index is 321. The first-order valence-electron chi connectivity index (χ1n) is 7.56. The van der Waals surface area contributed by atoms with Gasteiger partial charge in [-0.15, -0.1) is 24.0 Å². The van der Waals surface area contributed by atoms with Crippen molar-refractivity contribution in [3.8, 4) is 0 Å². The first-order chi connectivity index (χ1) is 9.92. The quantitative estimate of drug-likeness (QED) is 0.394. The fraction of sp³-hybridized carbons (Fsp3) is 0.929. The Labute approximate surface area is 147 Å². The molecule has 0 aromatic rings. The molecule has 1 aliphatic rings. The van der Waals surface area contributed by atoms with E-state index in [-0.39, 0.29) is 30.5 Å². The Balaban J connectivity index is 0.00000441. The highest BCUT2D eigenvalue weighted by atomic mass is 127. The van der Waals surface area contributed by atoms with Crippen LogP contribution in [0.5, 0.6) is 0 Å². The van der Waals surface area contributed by atoms with Gasteiger partial charge < -0.3 is 15.0 Å². The highest BCUT2D eigenvalue weighted by molar-refractivity contribution is 14.0. The summed E-state index contributed by atoms with van der Waals surface area (Å²) in [7, 11) is 1.87. The van der Waals surface area contributed by atoms with Crippen molar-refractivity contribution < 1.29 is 17.9 Å². The number of nitrogens with zero attached hydrogens (tertiary/aromatic N) is 2. The Hall–Kier alpha value is -0.250. The van der Waals surface area contributed by atoms with Gasteiger partial charge in [-0.25, -0.2) is 0 Å². The van der Waals surface area contributed by atoms with E-state index < -0.39 is 12.6 Å². The molecule has 1 aliphatic heterocycles. The van der Waals surface area contributed by atoms with Crippen molar-refractivity contribution in [2.24, 2.45) is 10.9 Å². The van der Waals surface area contributed by atoms with Gasteiger partial charge in [-0.1, -0.05) is 0 Å². The fourth-order valence-electron chi connectivity index (χ4n) is 2.28. The van der Waals surface area contributed by atoms with E-state index >= 15 is 0 Å². The lowest BCUT2D eigenvalue weighted by atomic mass is 9.96.